The molecule has 0 aromatic carbocycles. The van der Waals surface area contributed by atoms with Gasteiger partial charge in [0, 0.05) is 0 Å². The fourth-order valence-corrected chi connectivity index (χ4v) is 0.371. The van der Waals surface area contributed by atoms with Gasteiger partial charge >= 0.3 is 0 Å². The summed E-state index contributed by atoms with van der Waals surface area (Å²) in [6.45, 7) is 0. The summed E-state index contributed by atoms with van der Waals surface area (Å²) in [6.07, 6.45) is 1.55. The molecule has 0 saturated heterocycles. The smallest absolute Gasteiger partial charge is 0.216 e. The molecule has 2 heteroatoms. The molecule has 1 aliphatic rings. The fourth-order valence-electron chi connectivity index (χ4n) is 0.124. The molecule has 0 aliphatic carbocycles. The van der Waals surface area contributed by atoms with E-state index < -0.39 is 0 Å². The van der Waals surface area contributed by atoms with Crippen molar-refractivity contribution in [1.82, 2.24) is 0 Å². The molecule has 0 atom stereocenters. The van der Waals surface area contributed by atoms with Gasteiger partial charge in [0.25, 0.3) is 0 Å². The van der Waals surface area contributed by atoms with Crippen molar-refractivity contribution in [3.8, 4) is 0 Å². The molecule has 0 spiro atoms. The molecule has 0 aromatic rings. The van der Waals surface area contributed by atoms with Crippen molar-refractivity contribution in [2.45, 2.75) is 0 Å². The molecule has 0 fully saturated rings. The van der Waals surface area contributed by atoms with E-state index in [2.05, 4.69) is 0 Å². The first-order chi connectivity index (χ1) is 2.39. The Morgan fingerprint density at radius 2 is 2.20 bits per heavy atom. The summed E-state index contributed by atoms with van der Waals surface area (Å²) in [6, 6.07) is 0. The van der Waals surface area contributed by atoms with Crippen LogP contribution >= 0.6 is 11.8 Å². The van der Waals surface area contributed by atoms with Gasteiger partial charge in [-0.3, -0.25) is 4.79 Å². The van der Waals surface area contributed by atoms with E-state index in [0.717, 1.165) is 0 Å². The quantitative estimate of drug-likeness (QED) is 0.433. The van der Waals surface area contributed by atoms with Gasteiger partial charge in [-0.15, -0.1) is 0 Å². The minimum absolute atomic E-state index is 0.171. The third-order valence-electron chi connectivity index (χ3n) is 0.388. The van der Waals surface area contributed by atoms with Gasteiger partial charge in [-0.25, -0.2) is 0 Å². The van der Waals surface area contributed by atoms with Crippen LogP contribution in [0, 0.1) is 0 Å². The second kappa shape index (κ2) is 0.863. The van der Waals surface area contributed by atoms with Crippen LogP contribution in [-0.4, -0.2) is 5.12 Å². The van der Waals surface area contributed by atoms with E-state index in [-0.39, 0.29) is 5.12 Å². The van der Waals surface area contributed by atoms with Crippen molar-refractivity contribution < 1.29 is 4.79 Å². The molecule has 26 valence electrons. The maximum atomic E-state index is 9.78. The van der Waals surface area contributed by atoms with Crippen LogP contribution in [0.25, 0.3) is 0 Å². The Balaban J connectivity index is 2.71. The van der Waals surface area contributed by atoms with Gasteiger partial charge in [-0.1, -0.05) is 11.8 Å². The Kier molecular flexibility index (Phi) is 0.513. The molecule has 5 heavy (non-hydrogen) atoms. The Labute approximate surface area is 34.1 Å². The van der Waals surface area contributed by atoms with Crippen molar-refractivity contribution in [3.05, 3.63) is 11.5 Å². The molecule has 0 unspecified atom stereocenters. The van der Waals surface area contributed by atoms with Crippen LogP contribution < -0.4 is 0 Å². The Morgan fingerprint density at radius 1 is 1.80 bits per heavy atom. The molecular weight excluding hydrogens is 84.1 g/mol. The van der Waals surface area contributed by atoms with E-state index in [1.54, 1.807) is 11.5 Å². The molecule has 0 bridgehead atoms. The van der Waals surface area contributed by atoms with Crippen LogP contribution in [0.1, 0.15) is 0 Å². The lowest BCUT2D eigenvalue weighted by Crippen LogP contribution is -1.87. The van der Waals surface area contributed by atoms with Crippen LogP contribution in [-0.2, 0) is 4.79 Å². The van der Waals surface area contributed by atoms with E-state index in [1.165, 1.54) is 11.8 Å². The summed E-state index contributed by atoms with van der Waals surface area (Å²) < 4.78 is 0. The number of carbonyl (C=O) groups excluding carboxylic acids is 1. The second-order valence-corrected chi connectivity index (χ2v) is 1.65. The van der Waals surface area contributed by atoms with Crippen LogP contribution in [0.15, 0.2) is 11.5 Å². The van der Waals surface area contributed by atoms with Gasteiger partial charge in [-0.05, 0) is 11.5 Å². The molecule has 0 aromatic heterocycles. The van der Waals surface area contributed by atoms with Gasteiger partial charge in [0.1, 0.15) is 0 Å². The predicted octanol–water partition coefficient (Wildman–Crippen LogP) is 0.773. The standard InChI is InChI=1S/C3H2OS/c4-3-1-2-5-3/h1-2H. The summed E-state index contributed by atoms with van der Waals surface area (Å²) in [5, 5.41) is 1.94. The molecule has 0 radical (unpaired) electrons. The molecule has 1 rings (SSSR count). The first kappa shape index (κ1) is 2.97. The van der Waals surface area contributed by atoms with Crippen LogP contribution in [0.5, 0.6) is 0 Å². The van der Waals surface area contributed by atoms with Gasteiger partial charge < -0.3 is 0 Å². The molecule has 0 N–H and O–H groups in total. The van der Waals surface area contributed by atoms with Gasteiger partial charge in [0.15, 0.2) is 0 Å². The van der Waals surface area contributed by atoms with Crippen molar-refractivity contribution in [3.63, 3.8) is 0 Å². The summed E-state index contributed by atoms with van der Waals surface area (Å²) in [4.78, 5) is 9.78. The van der Waals surface area contributed by atoms with Crippen molar-refractivity contribution >= 4 is 16.9 Å². The number of rotatable bonds is 0. The maximum absolute atomic E-state index is 9.78. The highest BCUT2D eigenvalue weighted by atomic mass is 32.2. The largest absolute Gasteiger partial charge is 0.282 e. The lowest BCUT2D eigenvalue weighted by molar-refractivity contribution is -0.107. The summed E-state index contributed by atoms with van der Waals surface area (Å²) in [5.74, 6) is 0. The van der Waals surface area contributed by atoms with E-state index >= 15 is 0 Å². The van der Waals surface area contributed by atoms with Crippen LogP contribution in [0.4, 0.5) is 0 Å². The SMILES string of the molecule is O=C1C=CS1. The molecule has 1 aliphatic heterocycles. The number of hydrogen-bond acceptors (Lipinski definition) is 2. The Morgan fingerprint density at radius 3 is 2.20 bits per heavy atom. The highest BCUT2D eigenvalue weighted by molar-refractivity contribution is 8.18. The minimum Gasteiger partial charge on any atom is -0.282 e. The topological polar surface area (TPSA) is 17.1 Å². The van der Waals surface area contributed by atoms with E-state index in [0.29, 0.717) is 0 Å². The first-order valence-corrected chi connectivity index (χ1v) is 2.15. The average Bonchev–Trinajstić information content (AvgIpc) is 1.30. The third kappa shape index (κ3) is 0.351. The van der Waals surface area contributed by atoms with Crippen molar-refractivity contribution in [2.24, 2.45) is 0 Å². The average molecular weight is 86.1 g/mol. The lowest BCUT2D eigenvalue weighted by atomic mass is 10.7. The second-order valence-electron chi connectivity index (χ2n) is 0.740. The first-order valence-electron chi connectivity index (χ1n) is 1.27. The van der Waals surface area contributed by atoms with E-state index in [1.807, 2.05) is 0 Å². The zero-order chi connectivity index (χ0) is 3.70. The fraction of sp³-hybridized carbons (Fsp3) is 0. The monoisotopic (exact) mass is 86.0 g/mol. The van der Waals surface area contributed by atoms with Gasteiger partial charge in [0.2, 0.25) is 5.12 Å². The summed E-state index contributed by atoms with van der Waals surface area (Å²) in [5.41, 5.74) is 0. The highest BCUT2D eigenvalue weighted by Gasteiger charge is 1.99. The Bertz CT molecular complexity index is 84.9. The summed E-state index contributed by atoms with van der Waals surface area (Å²) in [7, 11) is 0. The zero-order valence-corrected chi connectivity index (χ0v) is 3.29. The van der Waals surface area contributed by atoms with E-state index in [4.69, 9.17) is 0 Å². The van der Waals surface area contributed by atoms with Gasteiger partial charge in [-0.2, -0.15) is 0 Å². The molecular formula is C3H2OS. The lowest BCUT2D eigenvalue weighted by Gasteiger charge is -1.91. The van der Waals surface area contributed by atoms with Crippen LogP contribution in [0.2, 0.25) is 0 Å². The Hall–Kier alpha value is -0.240. The summed E-state index contributed by atoms with van der Waals surface area (Å²) >= 11 is 1.24. The minimum atomic E-state index is 0.171. The molecule has 0 amide bonds. The highest BCUT2D eigenvalue weighted by Crippen LogP contribution is 2.13. The number of thioether (sulfide) groups is 1. The van der Waals surface area contributed by atoms with Crippen molar-refractivity contribution in [1.29, 1.82) is 0 Å². The number of carbonyl (C=O) groups is 1. The zero-order valence-electron chi connectivity index (χ0n) is 2.47. The van der Waals surface area contributed by atoms with E-state index in [9.17, 15) is 4.79 Å². The number of hydrogen-bond donors (Lipinski definition) is 0. The van der Waals surface area contributed by atoms with Gasteiger partial charge in [0.05, 0.1) is 0 Å². The molecule has 1 nitrogen and oxygen atoms in total. The van der Waals surface area contributed by atoms with Crippen molar-refractivity contribution in [2.75, 3.05) is 0 Å². The predicted molar refractivity (Wildman–Crippen MR) is 21.7 cm³/mol. The molecule has 0 saturated carbocycles. The normalized spacial score (nSPS) is 18.8. The molecule has 1 heterocycles. The maximum Gasteiger partial charge on any atom is 0.216 e. The third-order valence-corrected chi connectivity index (χ3v) is 1.03. The van der Waals surface area contributed by atoms with Crippen LogP contribution in [0.3, 0.4) is 0 Å².